The fourth-order valence-electron chi connectivity index (χ4n) is 3.46. The Labute approximate surface area is 164 Å². The molecule has 0 radical (unpaired) electrons. The summed E-state index contributed by atoms with van der Waals surface area (Å²) in [6.45, 7) is 1.66. The lowest BCUT2D eigenvalue weighted by Gasteiger charge is -2.36. The molecule has 0 aliphatic heterocycles. The van der Waals surface area contributed by atoms with Gasteiger partial charge in [-0.25, -0.2) is 9.59 Å². The molecule has 1 unspecified atom stereocenters. The molecule has 0 bridgehead atoms. The zero-order valence-corrected chi connectivity index (χ0v) is 16.2. The van der Waals surface area contributed by atoms with Gasteiger partial charge >= 0.3 is 18.0 Å². The molecule has 8 nitrogen and oxygen atoms in total. The zero-order chi connectivity index (χ0) is 20.6. The van der Waals surface area contributed by atoms with Gasteiger partial charge in [-0.05, 0) is 42.5 Å². The maximum absolute atomic E-state index is 12.1. The summed E-state index contributed by atoms with van der Waals surface area (Å²) in [4.78, 5) is 35.3. The van der Waals surface area contributed by atoms with E-state index in [-0.39, 0.29) is 13.0 Å². The van der Waals surface area contributed by atoms with Crippen molar-refractivity contribution in [2.24, 2.45) is 5.41 Å². The third kappa shape index (κ3) is 6.44. The summed E-state index contributed by atoms with van der Waals surface area (Å²) in [5.41, 5.74) is -0.147. The molecule has 1 aliphatic carbocycles. The average Bonchev–Trinajstić information content (AvgIpc) is 2.66. The van der Waals surface area contributed by atoms with Crippen LogP contribution in [0.2, 0.25) is 0 Å². The number of carbonyl (C=O) groups excluding carboxylic acids is 2. The van der Waals surface area contributed by atoms with Crippen LogP contribution in [0.15, 0.2) is 24.3 Å². The van der Waals surface area contributed by atoms with E-state index < -0.39 is 29.7 Å². The first-order valence-electron chi connectivity index (χ1n) is 9.35. The number of hydrogen-bond donors (Lipinski definition) is 2. The van der Waals surface area contributed by atoms with Gasteiger partial charge in [-0.1, -0.05) is 19.3 Å². The van der Waals surface area contributed by atoms with Crippen molar-refractivity contribution in [2.45, 2.75) is 51.7 Å². The first-order chi connectivity index (χ1) is 13.3. The van der Waals surface area contributed by atoms with Crippen molar-refractivity contribution in [1.82, 2.24) is 5.32 Å². The molecule has 1 amide bonds. The van der Waals surface area contributed by atoms with Crippen LogP contribution in [0.4, 0.5) is 4.79 Å². The lowest BCUT2D eigenvalue weighted by atomic mass is 9.72. The lowest BCUT2D eigenvalue weighted by Crippen LogP contribution is -2.41. The van der Waals surface area contributed by atoms with Crippen molar-refractivity contribution in [2.75, 3.05) is 13.7 Å². The van der Waals surface area contributed by atoms with Gasteiger partial charge in [0.2, 0.25) is 6.29 Å². The maximum atomic E-state index is 12.1. The minimum absolute atomic E-state index is 0.00922. The summed E-state index contributed by atoms with van der Waals surface area (Å²) in [5, 5.41) is 11.8. The van der Waals surface area contributed by atoms with Gasteiger partial charge in [0.15, 0.2) is 0 Å². The standard InChI is InChI=1S/C20H27NO7/c1-14(27-18(24)15-6-8-16(26-2)9-7-15)28-19(25)21-13-20(12-17(22)23)10-4-3-5-11-20/h6-9,14H,3-5,10-13H2,1-2H3,(H,21,25)(H,22,23). The number of carboxylic acids is 1. The Kier molecular flexibility index (Phi) is 7.66. The number of methoxy groups -OCH3 is 1. The number of carboxylic acid groups (broad SMARTS) is 1. The van der Waals surface area contributed by atoms with E-state index in [4.69, 9.17) is 14.2 Å². The van der Waals surface area contributed by atoms with Crippen LogP contribution in [0.25, 0.3) is 0 Å². The molecule has 0 heterocycles. The van der Waals surface area contributed by atoms with Crippen molar-refractivity contribution >= 4 is 18.0 Å². The second-order valence-electron chi connectivity index (χ2n) is 7.09. The van der Waals surface area contributed by atoms with Gasteiger partial charge < -0.3 is 24.6 Å². The molecule has 0 aromatic heterocycles. The number of amides is 1. The van der Waals surface area contributed by atoms with Crippen molar-refractivity contribution in [3.8, 4) is 5.75 Å². The van der Waals surface area contributed by atoms with Gasteiger partial charge in [-0.15, -0.1) is 0 Å². The number of hydrogen-bond acceptors (Lipinski definition) is 6. The first kappa shape index (κ1) is 21.5. The summed E-state index contributed by atoms with van der Waals surface area (Å²) in [5.74, 6) is -0.894. The van der Waals surface area contributed by atoms with E-state index in [0.29, 0.717) is 11.3 Å². The zero-order valence-electron chi connectivity index (χ0n) is 16.2. The highest BCUT2D eigenvalue weighted by molar-refractivity contribution is 5.89. The smallest absolute Gasteiger partial charge is 0.410 e. The number of nitrogens with one attached hydrogen (secondary N) is 1. The van der Waals surface area contributed by atoms with Gasteiger partial charge in [0.25, 0.3) is 0 Å². The number of benzene rings is 1. The summed E-state index contributed by atoms with van der Waals surface area (Å²) in [7, 11) is 1.52. The Morgan fingerprint density at radius 3 is 2.32 bits per heavy atom. The third-order valence-corrected chi connectivity index (χ3v) is 4.92. The molecule has 28 heavy (non-hydrogen) atoms. The minimum Gasteiger partial charge on any atom is -0.497 e. The van der Waals surface area contributed by atoms with Crippen LogP contribution in [0, 0.1) is 5.41 Å². The number of rotatable bonds is 8. The molecule has 1 aromatic rings. The highest BCUT2D eigenvalue weighted by atomic mass is 16.7. The van der Waals surface area contributed by atoms with Crippen LogP contribution in [-0.4, -0.2) is 43.1 Å². The average molecular weight is 393 g/mol. The van der Waals surface area contributed by atoms with E-state index in [1.165, 1.54) is 14.0 Å². The van der Waals surface area contributed by atoms with Crippen LogP contribution in [0.3, 0.4) is 0 Å². The molecule has 1 aliphatic rings. The molecule has 1 atom stereocenters. The summed E-state index contributed by atoms with van der Waals surface area (Å²) < 4.78 is 15.2. The predicted octanol–water partition coefficient (Wildman–Crippen LogP) is 3.35. The fourth-order valence-corrected chi connectivity index (χ4v) is 3.46. The molecule has 1 fully saturated rings. The molecule has 0 spiro atoms. The Bertz CT molecular complexity index is 680. The number of alkyl carbamates (subject to hydrolysis) is 1. The van der Waals surface area contributed by atoms with Crippen molar-refractivity contribution in [1.29, 1.82) is 0 Å². The van der Waals surface area contributed by atoms with E-state index in [0.717, 1.165) is 32.1 Å². The van der Waals surface area contributed by atoms with E-state index in [2.05, 4.69) is 5.32 Å². The molecule has 0 saturated heterocycles. The van der Waals surface area contributed by atoms with Crippen LogP contribution in [-0.2, 0) is 14.3 Å². The summed E-state index contributed by atoms with van der Waals surface area (Å²) >= 11 is 0. The van der Waals surface area contributed by atoms with Gasteiger partial charge in [-0.3, -0.25) is 4.79 Å². The van der Waals surface area contributed by atoms with Crippen LogP contribution in [0.1, 0.15) is 55.8 Å². The Morgan fingerprint density at radius 2 is 1.75 bits per heavy atom. The highest BCUT2D eigenvalue weighted by Gasteiger charge is 2.35. The summed E-state index contributed by atoms with van der Waals surface area (Å²) in [6.07, 6.45) is 2.64. The molecular weight excluding hydrogens is 366 g/mol. The second-order valence-corrected chi connectivity index (χ2v) is 7.09. The van der Waals surface area contributed by atoms with Crippen molar-refractivity contribution < 1.29 is 33.7 Å². The van der Waals surface area contributed by atoms with Crippen LogP contribution in [0.5, 0.6) is 5.75 Å². The van der Waals surface area contributed by atoms with E-state index >= 15 is 0 Å². The molecule has 1 aromatic carbocycles. The second kappa shape index (κ2) is 9.96. The highest BCUT2D eigenvalue weighted by Crippen LogP contribution is 2.38. The van der Waals surface area contributed by atoms with Crippen LogP contribution >= 0.6 is 0 Å². The summed E-state index contributed by atoms with van der Waals surface area (Å²) in [6, 6.07) is 6.35. The molecule has 1 saturated carbocycles. The largest absolute Gasteiger partial charge is 0.497 e. The Hall–Kier alpha value is -2.77. The van der Waals surface area contributed by atoms with E-state index in [1.807, 2.05) is 0 Å². The fraction of sp³-hybridized carbons (Fsp3) is 0.550. The SMILES string of the molecule is COc1ccc(C(=O)OC(C)OC(=O)NCC2(CC(=O)O)CCCCC2)cc1. The van der Waals surface area contributed by atoms with Gasteiger partial charge in [0.1, 0.15) is 5.75 Å². The quantitative estimate of drug-likeness (QED) is 0.514. The lowest BCUT2D eigenvalue weighted by molar-refractivity contribution is -0.140. The van der Waals surface area contributed by atoms with Crippen molar-refractivity contribution in [3.05, 3.63) is 29.8 Å². The minimum atomic E-state index is -1.09. The van der Waals surface area contributed by atoms with E-state index in [9.17, 15) is 19.5 Å². The normalized spacial score (nSPS) is 16.5. The monoisotopic (exact) mass is 393 g/mol. The molecular formula is C20H27NO7. The molecule has 2 rings (SSSR count). The van der Waals surface area contributed by atoms with Gasteiger partial charge in [0.05, 0.1) is 19.1 Å². The van der Waals surface area contributed by atoms with Gasteiger partial charge in [-0.2, -0.15) is 0 Å². The Morgan fingerprint density at radius 1 is 1.11 bits per heavy atom. The molecule has 2 N–H and O–H groups in total. The number of carbonyl (C=O) groups is 3. The third-order valence-electron chi connectivity index (χ3n) is 4.92. The predicted molar refractivity (Wildman–Crippen MR) is 100 cm³/mol. The maximum Gasteiger partial charge on any atom is 0.410 e. The first-order valence-corrected chi connectivity index (χ1v) is 9.35. The Balaban J connectivity index is 1.82. The van der Waals surface area contributed by atoms with E-state index in [1.54, 1.807) is 24.3 Å². The number of esters is 1. The number of aliphatic carboxylic acids is 1. The van der Waals surface area contributed by atoms with Crippen LogP contribution < -0.4 is 10.1 Å². The molecule has 154 valence electrons. The van der Waals surface area contributed by atoms with Gasteiger partial charge in [0, 0.05) is 13.5 Å². The topological polar surface area (TPSA) is 111 Å². The number of ether oxygens (including phenoxy) is 3. The van der Waals surface area contributed by atoms with Crippen molar-refractivity contribution in [3.63, 3.8) is 0 Å². The molecule has 8 heteroatoms.